The summed E-state index contributed by atoms with van der Waals surface area (Å²) in [6, 6.07) is 11.5. The molecule has 0 atom stereocenters. The number of pyridine rings is 1. The Balaban J connectivity index is 1.21. The van der Waals surface area contributed by atoms with Crippen LogP contribution in [0.2, 0.25) is 0 Å². The molecule has 1 aliphatic heterocycles. The number of nitrogens with one attached hydrogen (secondary N) is 1. The molecular formula is C31H28FN7O4. The molecule has 0 saturated carbocycles. The summed E-state index contributed by atoms with van der Waals surface area (Å²) >= 11 is 0. The van der Waals surface area contributed by atoms with Gasteiger partial charge in [-0.05, 0) is 37.3 Å². The molecule has 1 amide bonds. The van der Waals surface area contributed by atoms with Crippen LogP contribution in [0.1, 0.15) is 5.69 Å². The van der Waals surface area contributed by atoms with Crippen LogP contribution < -0.4 is 19.5 Å². The van der Waals surface area contributed by atoms with Gasteiger partial charge >= 0.3 is 0 Å². The van der Waals surface area contributed by atoms with Gasteiger partial charge < -0.3 is 24.4 Å². The fraction of sp³-hybridized carbons (Fsp3) is 0.194. The predicted molar refractivity (Wildman–Crippen MR) is 158 cm³/mol. The van der Waals surface area contributed by atoms with Crippen molar-refractivity contribution in [1.82, 2.24) is 29.6 Å². The van der Waals surface area contributed by atoms with Gasteiger partial charge in [-0.2, -0.15) is 5.10 Å². The van der Waals surface area contributed by atoms with E-state index in [4.69, 9.17) is 14.2 Å². The molecule has 218 valence electrons. The lowest BCUT2D eigenvalue weighted by atomic mass is 10.1. The summed E-state index contributed by atoms with van der Waals surface area (Å²) in [5, 5.41) is 8.02. The number of methoxy groups -OCH3 is 1. The highest BCUT2D eigenvalue weighted by Crippen LogP contribution is 2.37. The number of fused-ring (bicyclic) bond motifs is 1. The number of aromatic nitrogens is 5. The van der Waals surface area contributed by atoms with Crippen molar-refractivity contribution in [3.8, 4) is 34.3 Å². The quantitative estimate of drug-likeness (QED) is 0.235. The summed E-state index contributed by atoms with van der Waals surface area (Å²) in [6.45, 7) is 6.30. The van der Waals surface area contributed by atoms with Gasteiger partial charge in [-0.1, -0.05) is 6.58 Å². The van der Waals surface area contributed by atoms with E-state index in [1.807, 2.05) is 20.2 Å². The molecular weight excluding hydrogens is 553 g/mol. The van der Waals surface area contributed by atoms with Crippen molar-refractivity contribution in [2.75, 3.05) is 25.5 Å². The van der Waals surface area contributed by atoms with Crippen LogP contribution in [0.4, 0.5) is 15.9 Å². The normalized spacial score (nSPS) is 13.0. The number of hydrogen-bond acceptors (Lipinski definition) is 9. The van der Waals surface area contributed by atoms with Gasteiger partial charge in [0.25, 0.3) is 0 Å². The van der Waals surface area contributed by atoms with E-state index >= 15 is 4.39 Å². The van der Waals surface area contributed by atoms with Crippen molar-refractivity contribution in [3.05, 3.63) is 85.4 Å². The third kappa shape index (κ3) is 5.67. The van der Waals surface area contributed by atoms with Crippen molar-refractivity contribution in [2.24, 2.45) is 7.05 Å². The zero-order chi connectivity index (χ0) is 30.1. The number of rotatable bonds is 9. The van der Waals surface area contributed by atoms with E-state index in [1.54, 1.807) is 52.2 Å². The van der Waals surface area contributed by atoms with Gasteiger partial charge in [-0.15, -0.1) is 0 Å². The SMILES string of the molecule is C=CC(=O)N1CC(Oc2cc3c(Nc4ccc(Oc5ccnc(-c6cn(C)nc6C)c5)cc4F)ncnc3cc2OC)C1. The highest BCUT2D eigenvalue weighted by Gasteiger charge is 2.31. The van der Waals surface area contributed by atoms with Crippen molar-refractivity contribution >= 4 is 28.3 Å². The van der Waals surface area contributed by atoms with Crippen molar-refractivity contribution in [2.45, 2.75) is 13.0 Å². The average molecular weight is 582 g/mol. The molecule has 1 fully saturated rings. The van der Waals surface area contributed by atoms with Gasteiger partial charge in [0.15, 0.2) is 11.5 Å². The van der Waals surface area contributed by atoms with Gasteiger partial charge in [0, 0.05) is 48.6 Å². The summed E-state index contributed by atoms with van der Waals surface area (Å²) in [4.78, 5) is 26.5. The second-order valence-corrected chi connectivity index (χ2v) is 9.98. The Morgan fingerprint density at radius 1 is 1.09 bits per heavy atom. The van der Waals surface area contributed by atoms with E-state index in [9.17, 15) is 4.79 Å². The molecule has 5 aromatic rings. The van der Waals surface area contributed by atoms with E-state index in [1.165, 1.54) is 25.6 Å². The maximum absolute atomic E-state index is 15.3. The molecule has 43 heavy (non-hydrogen) atoms. The van der Waals surface area contributed by atoms with Crippen LogP contribution in [0.5, 0.6) is 23.0 Å². The fourth-order valence-corrected chi connectivity index (χ4v) is 4.81. The molecule has 1 saturated heterocycles. The zero-order valence-electron chi connectivity index (χ0n) is 23.7. The minimum atomic E-state index is -0.534. The molecule has 0 aliphatic carbocycles. The predicted octanol–water partition coefficient (Wildman–Crippen LogP) is 5.19. The number of halogens is 1. The smallest absolute Gasteiger partial charge is 0.246 e. The second kappa shape index (κ2) is 11.4. The first-order chi connectivity index (χ1) is 20.8. The van der Waals surface area contributed by atoms with Crippen molar-refractivity contribution in [1.29, 1.82) is 0 Å². The molecule has 11 nitrogen and oxygen atoms in total. The molecule has 6 rings (SSSR count). The first-order valence-corrected chi connectivity index (χ1v) is 13.4. The highest BCUT2D eigenvalue weighted by molar-refractivity contribution is 5.93. The third-order valence-electron chi connectivity index (χ3n) is 7.00. The van der Waals surface area contributed by atoms with Crippen LogP contribution in [0.15, 0.2) is 73.8 Å². The van der Waals surface area contributed by atoms with Gasteiger partial charge in [0.1, 0.15) is 35.6 Å². The molecule has 3 aromatic heterocycles. The van der Waals surface area contributed by atoms with Gasteiger partial charge in [-0.25, -0.2) is 14.4 Å². The van der Waals surface area contributed by atoms with E-state index in [2.05, 4.69) is 31.9 Å². The maximum atomic E-state index is 15.3. The second-order valence-electron chi connectivity index (χ2n) is 9.98. The Morgan fingerprint density at radius 3 is 2.63 bits per heavy atom. The number of amides is 1. The van der Waals surface area contributed by atoms with Crippen LogP contribution in [0, 0.1) is 12.7 Å². The lowest BCUT2D eigenvalue weighted by Gasteiger charge is -2.38. The molecule has 0 radical (unpaired) electrons. The number of nitrogens with zero attached hydrogens (tertiary/aromatic N) is 6. The topological polar surface area (TPSA) is 117 Å². The number of hydrogen-bond donors (Lipinski definition) is 1. The lowest BCUT2D eigenvalue weighted by molar-refractivity contribution is -0.134. The summed E-state index contributed by atoms with van der Waals surface area (Å²) in [5.41, 5.74) is 3.22. The number of benzene rings is 2. The number of carbonyl (C=O) groups excluding carboxylic acids is 1. The number of carbonyl (C=O) groups is 1. The molecule has 0 spiro atoms. The Morgan fingerprint density at radius 2 is 1.91 bits per heavy atom. The number of likely N-dealkylation sites (tertiary alicyclic amines) is 1. The molecule has 4 heterocycles. The Hall–Kier alpha value is -5.52. The number of anilines is 2. The maximum Gasteiger partial charge on any atom is 0.246 e. The van der Waals surface area contributed by atoms with Crippen LogP contribution >= 0.6 is 0 Å². The monoisotopic (exact) mass is 581 g/mol. The summed E-state index contributed by atoms with van der Waals surface area (Å²) in [5.74, 6) is 1.48. The van der Waals surface area contributed by atoms with Gasteiger partial charge in [0.05, 0.1) is 42.8 Å². The minimum Gasteiger partial charge on any atom is -0.493 e. The standard InChI is InChI=1S/C31H28FN7O4/c1-5-30(40)39-14-21(15-39)43-29-12-22-27(13-28(29)41-4)34-17-35-31(22)36-25-7-6-19(10-24(25)32)42-20-8-9-33-26(11-20)23-16-38(3)37-18(23)2/h5-13,16-17,21H,1,14-15H2,2-4H3,(H,34,35,36). The first-order valence-electron chi connectivity index (χ1n) is 13.4. The van der Waals surface area contributed by atoms with E-state index in [-0.39, 0.29) is 17.7 Å². The van der Waals surface area contributed by atoms with Gasteiger partial charge in [0.2, 0.25) is 5.91 Å². The minimum absolute atomic E-state index is 0.144. The van der Waals surface area contributed by atoms with Crippen LogP contribution in [0.25, 0.3) is 22.2 Å². The summed E-state index contributed by atoms with van der Waals surface area (Å²) in [6.07, 6.45) is 5.98. The van der Waals surface area contributed by atoms with E-state index in [0.717, 1.165) is 11.3 Å². The molecule has 0 unspecified atom stereocenters. The molecule has 1 N–H and O–H groups in total. The zero-order valence-corrected chi connectivity index (χ0v) is 23.7. The Kier molecular flexibility index (Phi) is 7.33. The average Bonchev–Trinajstić information content (AvgIpc) is 3.33. The van der Waals surface area contributed by atoms with E-state index in [0.29, 0.717) is 58.5 Å². The summed E-state index contributed by atoms with van der Waals surface area (Å²) < 4.78 is 34.6. The van der Waals surface area contributed by atoms with Crippen LogP contribution in [-0.2, 0) is 11.8 Å². The molecule has 0 bridgehead atoms. The molecule has 12 heteroatoms. The van der Waals surface area contributed by atoms with Crippen LogP contribution in [-0.4, -0.2) is 61.8 Å². The Bertz CT molecular complexity index is 1850. The molecule has 2 aromatic carbocycles. The van der Waals surface area contributed by atoms with E-state index < -0.39 is 5.82 Å². The molecule has 1 aliphatic rings. The largest absolute Gasteiger partial charge is 0.493 e. The number of aryl methyl sites for hydroxylation is 2. The lowest BCUT2D eigenvalue weighted by Crippen LogP contribution is -2.55. The fourth-order valence-electron chi connectivity index (χ4n) is 4.81. The Labute approximate surface area is 246 Å². The van der Waals surface area contributed by atoms with Crippen molar-refractivity contribution < 1.29 is 23.4 Å². The third-order valence-corrected chi connectivity index (χ3v) is 7.00. The van der Waals surface area contributed by atoms with Crippen LogP contribution in [0.3, 0.4) is 0 Å². The van der Waals surface area contributed by atoms with Crippen molar-refractivity contribution in [3.63, 3.8) is 0 Å². The first kappa shape index (κ1) is 27.6. The number of ether oxygens (including phenoxy) is 3. The highest BCUT2D eigenvalue weighted by atomic mass is 19.1. The summed E-state index contributed by atoms with van der Waals surface area (Å²) in [7, 11) is 3.38. The van der Waals surface area contributed by atoms with Gasteiger partial charge in [-0.3, -0.25) is 14.5 Å².